The predicted molar refractivity (Wildman–Crippen MR) is 91.6 cm³/mol. The van der Waals surface area contributed by atoms with Crippen LogP contribution >= 0.6 is 11.3 Å². The van der Waals surface area contributed by atoms with Gasteiger partial charge in [0.25, 0.3) is 5.91 Å². The fourth-order valence-corrected chi connectivity index (χ4v) is 2.86. The third-order valence-corrected chi connectivity index (χ3v) is 4.81. The highest BCUT2D eigenvalue weighted by Crippen LogP contribution is 2.24. The van der Waals surface area contributed by atoms with E-state index in [2.05, 4.69) is 17.1 Å². The lowest BCUT2D eigenvalue weighted by atomic mass is 10.0. The Hall–Kier alpha value is -1.85. The number of hydrogen-bond acceptors (Lipinski definition) is 4. The third kappa shape index (κ3) is 3.87. The highest BCUT2D eigenvalue weighted by molar-refractivity contribution is 7.10. The summed E-state index contributed by atoms with van der Waals surface area (Å²) in [4.78, 5) is 15.1. The van der Waals surface area contributed by atoms with E-state index in [0.29, 0.717) is 5.56 Å². The summed E-state index contributed by atoms with van der Waals surface area (Å²) >= 11 is 1.48. The van der Waals surface area contributed by atoms with E-state index < -0.39 is 5.60 Å². The molecule has 0 bridgehead atoms. The van der Waals surface area contributed by atoms with Gasteiger partial charge >= 0.3 is 0 Å². The zero-order valence-electron chi connectivity index (χ0n) is 13.2. The summed E-state index contributed by atoms with van der Waals surface area (Å²) in [6.07, 6.45) is 0. The Morgan fingerprint density at radius 2 is 2.00 bits per heavy atom. The van der Waals surface area contributed by atoms with Gasteiger partial charge in [0.05, 0.1) is 6.54 Å². The number of amides is 1. The van der Waals surface area contributed by atoms with E-state index >= 15 is 0 Å². The molecule has 118 valence electrons. The van der Waals surface area contributed by atoms with Gasteiger partial charge in [-0.15, -0.1) is 11.3 Å². The van der Waals surface area contributed by atoms with Crippen LogP contribution in [-0.4, -0.2) is 31.2 Å². The normalized spacial score (nSPS) is 13.5. The van der Waals surface area contributed by atoms with Crippen LogP contribution in [0.4, 0.5) is 5.69 Å². The molecular formula is C17H22N2O2S. The molecule has 0 radical (unpaired) electrons. The molecule has 0 aliphatic carbocycles. The standard InChI is InChI=1S/C17H22N2O2S/c1-4-19(3)14-9-7-13(8-10-14)16(20)18-12-17(2,21)15-6-5-11-22-15/h5-11,21H,4,12H2,1-3H3,(H,18,20). The second kappa shape index (κ2) is 6.94. The van der Waals surface area contributed by atoms with E-state index in [0.717, 1.165) is 17.1 Å². The van der Waals surface area contributed by atoms with Crippen LogP contribution in [0.3, 0.4) is 0 Å². The molecular weight excluding hydrogens is 296 g/mol. The monoisotopic (exact) mass is 318 g/mol. The zero-order valence-corrected chi connectivity index (χ0v) is 14.0. The lowest BCUT2D eigenvalue weighted by Gasteiger charge is -2.22. The van der Waals surface area contributed by atoms with Gasteiger partial charge in [0, 0.05) is 29.7 Å². The minimum Gasteiger partial charge on any atom is -0.383 e. The summed E-state index contributed by atoms with van der Waals surface area (Å²) in [5.41, 5.74) is 0.617. The molecule has 0 aliphatic heterocycles. The van der Waals surface area contributed by atoms with E-state index in [1.807, 2.05) is 36.7 Å². The molecule has 0 saturated heterocycles. The third-order valence-electron chi connectivity index (χ3n) is 3.69. The van der Waals surface area contributed by atoms with Gasteiger partial charge in [-0.3, -0.25) is 4.79 Å². The van der Waals surface area contributed by atoms with Gasteiger partial charge < -0.3 is 15.3 Å². The molecule has 22 heavy (non-hydrogen) atoms. The summed E-state index contributed by atoms with van der Waals surface area (Å²) in [6, 6.07) is 11.2. The first-order valence-corrected chi connectivity index (χ1v) is 8.18. The van der Waals surface area contributed by atoms with Crippen LogP contribution in [0.25, 0.3) is 0 Å². The fraction of sp³-hybridized carbons (Fsp3) is 0.353. The number of nitrogens with one attached hydrogen (secondary N) is 1. The van der Waals surface area contributed by atoms with Gasteiger partial charge in [-0.1, -0.05) is 6.07 Å². The van der Waals surface area contributed by atoms with Crippen LogP contribution in [0.1, 0.15) is 29.1 Å². The number of carbonyl (C=O) groups excluding carboxylic acids is 1. The second-order valence-electron chi connectivity index (χ2n) is 5.49. The molecule has 0 spiro atoms. The van der Waals surface area contributed by atoms with Crippen molar-refractivity contribution in [1.29, 1.82) is 0 Å². The number of rotatable bonds is 6. The molecule has 1 amide bonds. The van der Waals surface area contributed by atoms with Crippen molar-refractivity contribution in [3.05, 3.63) is 52.2 Å². The van der Waals surface area contributed by atoms with Gasteiger partial charge in [0.15, 0.2) is 0 Å². The fourth-order valence-electron chi connectivity index (χ4n) is 2.08. The van der Waals surface area contributed by atoms with Gasteiger partial charge in [-0.25, -0.2) is 0 Å². The van der Waals surface area contributed by atoms with Crippen LogP contribution in [0.15, 0.2) is 41.8 Å². The van der Waals surface area contributed by atoms with Gasteiger partial charge in [0.1, 0.15) is 5.60 Å². The average molecular weight is 318 g/mol. The Balaban J connectivity index is 1.98. The Bertz CT molecular complexity index is 606. The molecule has 1 atom stereocenters. The Kier molecular flexibility index (Phi) is 5.21. The number of hydrogen-bond donors (Lipinski definition) is 2. The average Bonchev–Trinajstić information content (AvgIpc) is 3.07. The summed E-state index contributed by atoms with van der Waals surface area (Å²) in [7, 11) is 2.01. The van der Waals surface area contributed by atoms with Crippen LogP contribution < -0.4 is 10.2 Å². The van der Waals surface area contributed by atoms with E-state index in [4.69, 9.17) is 0 Å². The number of thiophene rings is 1. The Labute approximate surface area is 135 Å². The number of aliphatic hydroxyl groups is 1. The van der Waals surface area contributed by atoms with E-state index in [1.165, 1.54) is 11.3 Å². The van der Waals surface area contributed by atoms with Crippen molar-refractivity contribution in [2.45, 2.75) is 19.4 Å². The molecule has 0 aliphatic rings. The van der Waals surface area contributed by atoms with Crippen molar-refractivity contribution in [2.24, 2.45) is 0 Å². The van der Waals surface area contributed by atoms with Crippen molar-refractivity contribution >= 4 is 22.9 Å². The topological polar surface area (TPSA) is 52.6 Å². The summed E-state index contributed by atoms with van der Waals surface area (Å²) in [5, 5.41) is 15.1. The molecule has 1 heterocycles. The molecule has 2 N–H and O–H groups in total. The molecule has 2 aromatic rings. The van der Waals surface area contributed by atoms with Crippen LogP contribution in [-0.2, 0) is 5.60 Å². The smallest absolute Gasteiger partial charge is 0.251 e. The highest BCUT2D eigenvalue weighted by Gasteiger charge is 2.25. The lowest BCUT2D eigenvalue weighted by Crippen LogP contribution is -2.38. The summed E-state index contributed by atoms with van der Waals surface area (Å²) in [5.74, 6) is -0.178. The maximum absolute atomic E-state index is 12.2. The van der Waals surface area contributed by atoms with E-state index in [-0.39, 0.29) is 12.5 Å². The van der Waals surface area contributed by atoms with Crippen molar-refractivity contribution in [2.75, 3.05) is 25.0 Å². The minimum atomic E-state index is -1.05. The number of benzene rings is 1. The first-order valence-electron chi connectivity index (χ1n) is 7.30. The summed E-state index contributed by atoms with van der Waals surface area (Å²) < 4.78 is 0. The van der Waals surface area contributed by atoms with Crippen LogP contribution in [0, 0.1) is 0 Å². The molecule has 5 heteroatoms. The largest absolute Gasteiger partial charge is 0.383 e. The van der Waals surface area contributed by atoms with Crippen molar-refractivity contribution in [3.63, 3.8) is 0 Å². The zero-order chi connectivity index (χ0) is 16.2. The van der Waals surface area contributed by atoms with Crippen molar-refractivity contribution in [3.8, 4) is 0 Å². The molecule has 0 saturated carbocycles. The lowest BCUT2D eigenvalue weighted by molar-refractivity contribution is 0.0557. The maximum atomic E-state index is 12.2. The number of nitrogens with zero attached hydrogens (tertiary/aromatic N) is 1. The van der Waals surface area contributed by atoms with E-state index in [9.17, 15) is 9.90 Å². The Morgan fingerprint density at radius 3 is 2.55 bits per heavy atom. The number of anilines is 1. The van der Waals surface area contributed by atoms with E-state index in [1.54, 1.807) is 19.1 Å². The molecule has 1 unspecified atom stereocenters. The summed E-state index contributed by atoms with van der Waals surface area (Å²) in [6.45, 7) is 4.88. The molecule has 0 fully saturated rings. The molecule has 2 rings (SSSR count). The van der Waals surface area contributed by atoms with Crippen molar-refractivity contribution in [1.82, 2.24) is 5.32 Å². The SMILES string of the molecule is CCN(C)c1ccc(C(=O)NCC(C)(O)c2cccs2)cc1. The molecule has 4 nitrogen and oxygen atoms in total. The maximum Gasteiger partial charge on any atom is 0.251 e. The highest BCUT2D eigenvalue weighted by atomic mass is 32.1. The number of carbonyl (C=O) groups is 1. The van der Waals surface area contributed by atoms with Crippen LogP contribution in [0.2, 0.25) is 0 Å². The Morgan fingerprint density at radius 1 is 1.32 bits per heavy atom. The predicted octanol–water partition coefficient (Wildman–Crippen LogP) is 2.84. The van der Waals surface area contributed by atoms with Gasteiger partial charge in [0.2, 0.25) is 0 Å². The van der Waals surface area contributed by atoms with Crippen LogP contribution in [0.5, 0.6) is 0 Å². The van der Waals surface area contributed by atoms with Crippen molar-refractivity contribution < 1.29 is 9.90 Å². The van der Waals surface area contributed by atoms with Gasteiger partial charge in [-0.2, -0.15) is 0 Å². The first-order chi connectivity index (χ1) is 10.4. The first kappa shape index (κ1) is 16.5. The minimum absolute atomic E-state index is 0.178. The molecule has 1 aromatic heterocycles. The second-order valence-corrected chi connectivity index (χ2v) is 6.44. The quantitative estimate of drug-likeness (QED) is 0.861. The van der Waals surface area contributed by atoms with Gasteiger partial charge in [-0.05, 0) is 49.6 Å². The molecule has 1 aromatic carbocycles.